The average Bonchev–Trinajstić information content (AvgIpc) is 2.67. The predicted octanol–water partition coefficient (Wildman–Crippen LogP) is 0.818. The minimum Gasteiger partial charge on any atom is -0.391 e. The smallest absolute Gasteiger partial charge is 0.214 e. The molecule has 1 N–H and O–H groups in total. The van der Waals surface area contributed by atoms with E-state index in [2.05, 4.69) is 0 Å². The van der Waals surface area contributed by atoms with Crippen molar-refractivity contribution in [1.82, 2.24) is 9.21 Å². The molecule has 1 aliphatic heterocycles. The molecule has 22 heavy (non-hydrogen) atoms. The predicted molar refractivity (Wildman–Crippen MR) is 83.4 cm³/mol. The Bertz CT molecular complexity index is 613. The highest BCUT2D eigenvalue weighted by molar-refractivity contribution is 7.89. The molecular weight excluding hydrogens is 307 g/mol. The molecule has 0 radical (unpaired) electrons. The first-order valence-corrected chi connectivity index (χ1v) is 8.85. The highest BCUT2D eigenvalue weighted by Crippen LogP contribution is 2.22. The van der Waals surface area contributed by atoms with Crippen molar-refractivity contribution in [3.63, 3.8) is 0 Å². The number of aryl methyl sites for hydroxylation is 1. The second-order valence-electron chi connectivity index (χ2n) is 6.22. The molecule has 1 aliphatic rings. The van der Waals surface area contributed by atoms with Crippen LogP contribution in [-0.2, 0) is 16.6 Å². The highest BCUT2D eigenvalue weighted by Gasteiger charge is 2.35. The van der Waals surface area contributed by atoms with Gasteiger partial charge in [0.05, 0.1) is 11.9 Å². The standard InChI is InChI=1S/C15H23FN2O3S/c1-11-4-12(6-14(16)5-11)7-18-8-13(15(19)9-18)10-22(20,21)17(2)3/h4-6,13,15,19H,7-10H2,1-3H3. The molecule has 124 valence electrons. The van der Waals surface area contributed by atoms with Gasteiger partial charge in [0.25, 0.3) is 0 Å². The summed E-state index contributed by atoms with van der Waals surface area (Å²) in [6.07, 6.45) is -0.676. The Morgan fingerprint density at radius 3 is 2.59 bits per heavy atom. The van der Waals surface area contributed by atoms with Gasteiger partial charge < -0.3 is 5.11 Å². The van der Waals surface area contributed by atoms with Gasteiger partial charge in [-0.15, -0.1) is 0 Å². The van der Waals surface area contributed by atoms with Crippen molar-refractivity contribution in [2.75, 3.05) is 32.9 Å². The van der Waals surface area contributed by atoms with E-state index in [9.17, 15) is 17.9 Å². The van der Waals surface area contributed by atoms with E-state index < -0.39 is 16.1 Å². The second-order valence-corrected chi connectivity index (χ2v) is 8.45. The van der Waals surface area contributed by atoms with Gasteiger partial charge >= 0.3 is 0 Å². The van der Waals surface area contributed by atoms with Crippen molar-refractivity contribution in [2.45, 2.75) is 19.6 Å². The monoisotopic (exact) mass is 330 g/mol. The minimum absolute atomic E-state index is 0.0696. The van der Waals surface area contributed by atoms with E-state index in [0.717, 1.165) is 11.1 Å². The quantitative estimate of drug-likeness (QED) is 0.868. The lowest BCUT2D eigenvalue weighted by Gasteiger charge is -2.18. The van der Waals surface area contributed by atoms with Crippen molar-refractivity contribution in [3.05, 3.63) is 35.1 Å². The first-order valence-electron chi connectivity index (χ1n) is 7.24. The van der Waals surface area contributed by atoms with Crippen molar-refractivity contribution < 1.29 is 17.9 Å². The number of aliphatic hydroxyl groups excluding tert-OH is 1. The van der Waals surface area contributed by atoms with Crippen molar-refractivity contribution in [1.29, 1.82) is 0 Å². The third-order valence-corrected chi connectivity index (χ3v) is 5.93. The topological polar surface area (TPSA) is 60.9 Å². The summed E-state index contributed by atoms with van der Waals surface area (Å²) in [7, 11) is -0.358. The highest BCUT2D eigenvalue weighted by atomic mass is 32.2. The molecule has 2 atom stereocenters. The summed E-state index contributed by atoms with van der Waals surface area (Å²) in [6.45, 7) is 3.24. The van der Waals surface area contributed by atoms with Crippen molar-refractivity contribution in [3.8, 4) is 0 Å². The van der Waals surface area contributed by atoms with E-state index in [4.69, 9.17) is 0 Å². The molecule has 2 unspecified atom stereocenters. The molecule has 2 rings (SSSR count). The van der Waals surface area contributed by atoms with Crippen LogP contribution in [0.2, 0.25) is 0 Å². The number of hydrogen-bond donors (Lipinski definition) is 1. The lowest BCUT2D eigenvalue weighted by atomic mass is 10.1. The Morgan fingerprint density at radius 1 is 1.32 bits per heavy atom. The maximum absolute atomic E-state index is 13.4. The van der Waals surface area contributed by atoms with Crippen LogP contribution in [0.15, 0.2) is 18.2 Å². The van der Waals surface area contributed by atoms with Gasteiger partial charge in [-0.25, -0.2) is 17.1 Å². The summed E-state index contributed by atoms with van der Waals surface area (Å²) >= 11 is 0. The SMILES string of the molecule is Cc1cc(F)cc(CN2CC(O)C(CS(=O)(=O)N(C)C)C2)c1. The fourth-order valence-electron chi connectivity index (χ4n) is 2.82. The van der Waals surface area contributed by atoms with Crippen LogP contribution in [-0.4, -0.2) is 61.8 Å². The van der Waals surface area contributed by atoms with Gasteiger partial charge in [0.15, 0.2) is 0 Å². The Morgan fingerprint density at radius 2 is 2.00 bits per heavy atom. The number of benzene rings is 1. The van der Waals surface area contributed by atoms with Crippen LogP contribution in [0.4, 0.5) is 4.39 Å². The van der Waals surface area contributed by atoms with Crippen LogP contribution in [0.1, 0.15) is 11.1 Å². The van der Waals surface area contributed by atoms with Gasteiger partial charge in [0, 0.05) is 39.6 Å². The summed E-state index contributed by atoms with van der Waals surface area (Å²) < 4.78 is 38.5. The van der Waals surface area contributed by atoms with Crippen LogP contribution < -0.4 is 0 Å². The number of nitrogens with zero attached hydrogens (tertiary/aromatic N) is 2. The van der Waals surface area contributed by atoms with E-state index in [-0.39, 0.29) is 17.5 Å². The number of β-amino-alcohol motifs (C(OH)–C–C–N with tert-alkyl or cyclic N) is 1. The van der Waals surface area contributed by atoms with E-state index >= 15 is 0 Å². The van der Waals surface area contributed by atoms with Gasteiger partial charge in [-0.05, 0) is 30.2 Å². The number of rotatable bonds is 5. The van der Waals surface area contributed by atoms with Crippen LogP contribution in [0.5, 0.6) is 0 Å². The Hall–Kier alpha value is -1.02. The van der Waals surface area contributed by atoms with E-state index in [0.29, 0.717) is 19.6 Å². The molecule has 1 fully saturated rings. The molecule has 0 amide bonds. The summed E-state index contributed by atoms with van der Waals surface area (Å²) in [5, 5.41) is 10.1. The number of aliphatic hydroxyl groups is 1. The Kier molecular flexibility index (Phi) is 5.21. The van der Waals surface area contributed by atoms with Gasteiger partial charge in [-0.3, -0.25) is 4.90 Å². The van der Waals surface area contributed by atoms with Crippen LogP contribution in [0, 0.1) is 18.7 Å². The van der Waals surface area contributed by atoms with E-state index in [1.54, 1.807) is 0 Å². The van der Waals surface area contributed by atoms with Gasteiger partial charge in [-0.2, -0.15) is 0 Å². The van der Waals surface area contributed by atoms with Crippen molar-refractivity contribution >= 4 is 10.0 Å². The van der Waals surface area contributed by atoms with Crippen molar-refractivity contribution in [2.24, 2.45) is 5.92 Å². The summed E-state index contributed by atoms with van der Waals surface area (Å²) in [5.41, 5.74) is 1.68. The summed E-state index contributed by atoms with van der Waals surface area (Å²) in [6, 6.07) is 4.84. The third-order valence-electron chi connectivity index (χ3n) is 3.97. The lowest BCUT2D eigenvalue weighted by molar-refractivity contribution is 0.148. The third kappa shape index (κ3) is 4.25. The zero-order chi connectivity index (χ0) is 16.5. The molecule has 5 nitrogen and oxygen atoms in total. The molecule has 0 spiro atoms. The second kappa shape index (κ2) is 6.62. The first kappa shape index (κ1) is 17.3. The average molecular weight is 330 g/mol. The molecule has 0 bridgehead atoms. The molecule has 1 aromatic carbocycles. The molecule has 1 saturated heterocycles. The summed E-state index contributed by atoms with van der Waals surface area (Å²) in [4.78, 5) is 1.97. The van der Waals surface area contributed by atoms with Gasteiger partial charge in [0.1, 0.15) is 5.82 Å². The largest absolute Gasteiger partial charge is 0.391 e. The molecule has 0 aromatic heterocycles. The van der Waals surface area contributed by atoms with Crippen LogP contribution >= 0.6 is 0 Å². The van der Waals surface area contributed by atoms with Crippen LogP contribution in [0.25, 0.3) is 0 Å². The number of hydrogen-bond acceptors (Lipinski definition) is 4. The maximum atomic E-state index is 13.4. The number of likely N-dealkylation sites (tertiary alicyclic amines) is 1. The van der Waals surface area contributed by atoms with Gasteiger partial charge in [0.2, 0.25) is 10.0 Å². The number of halogens is 1. The molecule has 0 aliphatic carbocycles. The molecule has 0 saturated carbocycles. The number of sulfonamides is 1. The Labute approximate surface area is 131 Å². The molecular formula is C15H23FN2O3S. The van der Waals surface area contributed by atoms with Gasteiger partial charge in [-0.1, -0.05) is 6.07 Å². The normalized spacial score (nSPS) is 23.4. The molecule has 7 heteroatoms. The van der Waals surface area contributed by atoms with E-state index in [1.165, 1.54) is 30.5 Å². The first-order chi connectivity index (χ1) is 10.2. The minimum atomic E-state index is -3.34. The fourth-order valence-corrected chi connectivity index (χ4v) is 3.98. The summed E-state index contributed by atoms with van der Waals surface area (Å²) in [5.74, 6) is -0.664. The Balaban J connectivity index is 2.01. The molecule has 1 heterocycles. The zero-order valence-corrected chi connectivity index (χ0v) is 14.0. The fraction of sp³-hybridized carbons (Fsp3) is 0.600. The zero-order valence-electron chi connectivity index (χ0n) is 13.2. The molecule has 1 aromatic rings. The lowest BCUT2D eigenvalue weighted by Crippen LogP contribution is -2.33. The van der Waals surface area contributed by atoms with Crippen LogP contribution in [0.3, 0.4) is 0 Å². The maximum Gasteiger partial charge on any atom is 0.214 e. The van der Waals surface area contributed by atoms with E-state index in [1.807, 2.05) is 17.9 Å².